The highest BCUT2D eigenvalue weighted by Gasteiger charge is 2.35. The average Bonchev–Trinajstić information content (AvgIpc) is 2.62. The first-order valence-corrected chi connectivity index (χ1v) is 10.6. The van der Waals surface area contributed by atoms with Crippen LogP contribution in [0.25, 0.3) is 0 Å². The molecule has 0 saturated carbocycles. The number of para-hydroxylation sites is 1. The van der Waals surface area contributed by atoms with Crippen molar-refractivity contribution in [3.05, 3.63) is 34.4 Å². The molecule has 1 amide bonds. The Balaban J connectivity index is 1.97. The Kier molecular flexibility index (Phi) is 7.28. The summed E-state index contributed by atoms with van der Waals surface area (Å²) in [6.07, 6.45) is 1.92. The Bertz CT molecular complexity index is 775. The summed E-state index contributed by atoms with van der Waals surface area (Å²) in [5, 5.41) is 14.1. The zero-order valence-electron chi connectivity index (χ0n) is 15.7. The molecule has 1 fully saturated rings. The molecule has 1 aromatic carbocycles. The molecule has 0 unspecified atom stereocenters. The van der Waals surface area contributed by atoms with Gasteiger partial charge in [-0.25, -0.2) is 8.42 Å². The van der Waals surface area contributed by atoms with Crippen LogP contribution in [-0.2, 0) is 14.8 Å². The molecular formula is C17H27N4O5S+. The minimum absolute atomic E-state index is 0.0408. The Labute approximate surface area is 159 Å². The van der Waals surface area contributed by atoms with Gasteiger partial charge in [0.15, 0.2) is 11.4 Å². The fourth-order valence-corrected chi connectivity index (χ4v) is 4.84. The molecule has 1 heterocycles. The fraction of sp³-hybridized carbons (Fsp3) is 0.588. The Morgan fingerprint density at radius 3 is 2.56 bits per heavy atom. The summed E-state index contributed by atoms with van der Waals surface area (Å²) >= 11 is 0. The normalized spacial score (nSPS) is 17.4. The van der Waals surface area contributed by atoms with Gasteiger partial charge in [-0.15, -0.1) is 0 Å². The summed E-state index contributed by atoms with van der Waals surface area (Å²) in [6.45, 7) is 5.74. The third-order valence-corrected chi connectivity index (χ3v) is 6.59. The highest BCUT2D eigenvalue weighted by molar-refractivity contribution is 7.89. The van der Waals surface area contributed by atoms with Gasteiger partial charge >= 0.3 is 0 Å². The molecule has 2 N–H and O–H groups in total. The molecule has 1 aliphatic heterocycles. The van der Waals surface area contributed by atoms with Gasteiger partial charge < -0.3 is 10.2 Å². The lowest BCUT2D eigenvalue weighted by Gasteiger charge is -2.31. The lowest BCUT2D eigenvalue weighted by atomic mass is 10.2. The van der Waals surface area contributed by atoms with Crippen molar-refractivity contribution in [1.82, 2.24) is 9.62 Å². The largest absolute Gasteiger partial charge is 0.349 e. The van der Waals surface area contributed by atoms with Gasteiger partial charge in [-0.2, -0.15) is 4.31 Å². The van der Waals surface area contributed by atoms with Crippen molar-refractivity contribution in [3.8, 4) is 0 Å². The SMILES string of the molecule is CCC[C@@H](C)NC(=O)C[NH+]1CCN(S(=O)(=O)c2ccccc2[N+](=O)[O-])CC1. The molecule has 0 spiro atoms. The monoisotopic (exact) mass is 399 g/mol. The number of hydrogen-bond donors (Lipinski definition) is 2. The van der Waals surface area contributed by atoms with Crippen molar-refractivity contribution in [3.63, 3.8) is 0 Å². The van der Waals surface area contributed by atoms with Crippen molar-refractivity contribution in [1.29, 1.82) is 0 Å². The molecule has 1 aliphatic rings. The molecule has 150 valence electrons. The molecule has 0 radical (unpaired) electrons. The van der Waals surface area contributed by atoms with E-state index in [9.17, 15) is 23.3 Å². The second-order valence-electron chi connectivity index (χ2n) is 6.81. The van der Waals surface area contributed by atoms with Crippen LogP contribution in [-0.4, -0.2) is 62.3 Å². The number of nitro benzene ring substituents is 1. The van der Waals surface area contributed by atoms with E-state index in [1.165, 1.54) is 28.6 Å². The molecule has 1 saturated heterocycles. The summed E-state index contributed by atoms with van der Waals surface area (Å²) in [4.78, 5) is 23.2. The number of sulfonamides is 1. The first-order valence-electron chi connectivity index (χ1n) is 9.12. The van der Waals surface area contributed by atoms with Crippen LogP contribution in [0.15, 0.2) is 29.2 Å². The predicted octanol–water partition coefficient (Wildman–Crippen LogP) is -0.211. The van der Waals surface area contributed by atoms with Gasteiger partial charge in [0.05, 0.1) is 31.1 Å². The summed E-state index contributed by atoms with van der Waals surface area (Å²) < 4.78 is 26.8. The number of benzene rings is 1. The van der Waals surface area contributed by atoms with Gasteiger partial charge in [-0.3, -0.25) is 14.9 Å². The molecule has 0 aliphatic carbocycles. The van der Waals surface area contributed by atoms with Crippen LogP contribution < -0.4 is 10.2 Å². The Morgan fingerprint density at radius 1 is 1.33 bits per heavy atom. The number of hydrogen-bond acceptors (Lipinski definition) is 5. The number of piperazine rings is 1. The number of nitrogens with one attached hydrogen (secondary N) is 2. The maximum absolute atomic E-state index is 12.8. The number of rotatable bonds is 8. The molecule has 0 bridgehead atoms. The van der Waals surface area contributed by atoms with E-state index < -0.39 is 20.6 Å². The summed E-state index contributed by atoms with van der Waals surface area (Å²) in [7, 11) is -3.94. The first-order chi connectivity index (χ1) is 12.8. The minimum Gasteiger partial charge on any atom is -0.349 e. The van der Waals surface area contributed by atoms with Gasteiger partial charge in [-0.05, 0) is 19.4 Å². The second kappa shape index (κ2) is 9.25. The van der Waals surface area contributed by atoms with E-state index in [4.69, 9.17) is 0 Å². The molecule has 2 rings (SSSR count). The van der Waals surface area contributed by atoms with E-state index >= 15 is 0 Å². The maximum atomic E-state index is 12.8. The molecule has 1 atom stereocenters. The molecular weight excluding hydrogens is 372 g/mol. The number of quaternary nitrogens is 1. The van der Waals surface area contributed by atoms with Crippen molar-refractivity contribution >= 4 is 21.6 Å². The Morgan fingerprint density at radius 2 is 1.96 bits per heavy atom. The molecule has 0 aromatic heterocycles. The number of carbonyl (C=O) groups excluding carboxylic acids is 1. The van der Waals surface area contributed by atoms with Crippen LogP contribution in [0, 0.1) is 10.1 Å². The zero-order valence-corrected chi connectivity index (χ0v) is 16.5. The number of carbonyl (C=O) groups is 1. The third-order valence-electron chi connectivity index (χ3n) is 4.65. The summed E-state index contributed by atoms with van der Waals surface area (Å²) in [6, 6.07) is 5.49. The average molecular weight is 399 g/mol. The fourth-order valence-electron chi connectivity index (χ4n) is 3.24. The number of nitro groups is 1. The Hall–Kier alpha value is -2.04. The smallest absolute Gasteiger partial charge is 0.289 e. The van der Waals surface area contributed by atoms with Gasteiger partial charge in [0, 0.05) is 12.1 Å². The van der Waals surface area contributed by atoms with Crippen molar-refractivity contribution in [2.75, 3.05) is 32.7 Å². The van der Waals surface area contributed by atoms with Gasteiger partial charge in [0.25, 0.3) is 11.6 Å². The van der Waals surface area contributed by atoms with E-state index in [-0.39, 0.29) is 29.9 Å². The highest BCUT2D eigenvalue weighted by Crippen LogP contribution is 2.26. The van der Waals surface area contributed by atoms with Crippen molar-refractivity contribution in [2.45, 2.75) is 37.6 Å². The zero-order chi connectivity index (χ0) is 20.0. The summed E-state index contributed by atoms with van der Waals surface area (Å²) in [5.74, 6) is -0.0408. The van der Waals surface area contributed by atoms with E-state index in [0.717, 1.165) is 17.7 Å². The lowest BCUT2D eigenvalue weighted by Crippen LogP contribution is -3.15. The quantitative estimate of drug-likeness (QED) is 0.464. The van der Waals surface area contributed by atoms with Crippen LogP contribution in [0.1, 0.15) is 26.7 Å². The maximum Gasteiger partial charge on any atom is 0.289 e. The standard InChI is InChI=1S/C17H26N4O5S/c1-3-6-14(2)18-17(22)13-19-9-11-20(12-10-19)27(25,26)16-8-5-4-7-15(16)21(23)24/h4-5,7-8,14H,3,6,9-13H2,1-2H3,(H,18,22)/p+1/t14-/m1/s1. The third kappa shape index (κ3) is 5.47. The van der Waals surface area contributed by atoms with E-state index in [0.29, 0.717) is 19.6 Å². The van der Waals surface area contributed by atoms with E-state index in [1.54, 1.807) is 0 Å². The van der Waals surface area contributed by atoms with E-state index in [1.807, 2.05) is 6.92 Å². The van der Waals surface area contributed by atoms with Crippen LogP contribution in [0.5, 0.6) is 0 Å². The van der Waals surface area contributed by atoms with Gasteiger partial charge in [0.1, 0.15) is 0 Å². The molecule has 1 aromatic rings. The molecule has 27 heavy (non-hydrogen) atoms. The lowest BCUT2D eigenvalue weighted by molar-refractivity contribution is -0.895. The topological polar surface area (TPSA) is 114 Å². The predicted molar refractivity (Wildman–Crippen MR) is 99.9 cm³/mol. The highest BCUT2D eigenvalue weighted by atomic mass is 32.2. The molecule has 9 nitrogen and oxygen atoms in total. The van der Waals surface area contributed by atoms with Crippen LogP contribution in [0.4, 0.5) is 5.69 Å². The van der Waals surface area contributed by atoms with Gasteiger partial charge in [-0.1, -0.05) is 25.5 Å². The number of nitrogens with zero attached hydrogens (tertiary/aromatic N) is 2. The van der Waals surface area contributed by atoms with Crippen LogP contribution in [0.3, 0.4) is 0 Å². The van der Waals surface area contributed by atoms with Gasteiger partial charge in [0.2, 0.25) is 10.0 Å². The first kappa shape index (κ1) is 21.3. The molecule has 10 heteroatoms. The second-order valence-corrected chi connectivity index (χ2v) is 8.72. The van der Waals surface area contributed by atoms with E-state index in [2.05, 4.69) is 12.2 Å². The van der Waals surface area contributed by atoms with Crippen LogP contribution in [0.2, 0.25) is 0 Å². The minimum atomic E-state index is -3.94. The van der Waals surface area contributed by atoms with Crippen molar-refractivity contribution in [2.24, 2.45) is 0 Å². The van der Waals surface area contributed by atoms with Crippen molar-refractivity contribution < 1.29 is 23.0 Å². The summed E-state index contributed by atoms with van der Waals surface area (Å²) in [5.41, 5.74) is -0.420. The van der Waals surface area contributed by atoms with Crippen LogP contribution >= 0.6 is 0 Å². The number of amides is 1.